The molecule has 1 rings (SSSR count). The molecule has 0 amide bonds. The quantitative estimate of drug-likeness (QED) is 0.665. The van der Waals surface area contributed by atoms with Gasteiger partial charge in [0.1, 0.15) is 0 Å². The molecule has 0 heterocycles. The summed E-state index contributed by atoms with van der Waals surface area (Å²) in [7, 11) is 0. The maximum atomic E-state index is 5.22. The van der Waals surface area contributed by atoms with E-state index in [0.29, 0.717) is 0 Å². The fourth-order valence-electron chi connectivity index (χ4n) is 0.564. The average molecular weight is 370 g/mol. The van der Waals surface area contributed by atoms with Crippen LogP contribution in [0.5, 0.6) is 0 Å². The molecule has 0 unspecified atom stereocenters. The smallest absolute Gasteiger partial charge is 0 e. The van der Waals surface area contributed by atoms with Gasteiger partial charge in [-0.3, -0.25) is 6.58 Å². The van der Waals surface area contributed by atoms with Crippen molar-refractivity contribution in [2.24, 2.45) is 0 Å². The van der Waals surface area contributed by atoms with Crippen molar-refractivity contribution in [1.82, 2.24) is 0 Å². The summed E-state index contributed by atoms with van der Waals surface area (Å²) in [5.41, 5.74) is 1.06. The van der Waals surface area contributed by atoms with Gasteiger partial charge in [-0.25, -0.2) is 6.08 Å². The van der Waals surface area contributed by atoms with Gasteiger partial charge in [0.15, 0.2) is 0 Å². The molecule has 0 atom stereocenters. The normalized spacial score (nSPS) is 7.56. The summed E-state index contributed by atoms with van der Waals surface area (Å²) >= 11 is 0. The average Bonchev–Trinajstić information content (AvgIpc) is 1.90. The first-order chi connectivity index (χ1) is 3.93. The monoisotopic (exact) mass is 370 g/mol. The minimum atomic E-state index is 0. The molecule has 0 bridgehead atoms. The van der Waals surface area contributed by atoms with Gasteiger partial charge in [-0.2, -0.15) is 5.56 Å². The Morgan fingerprint density at radius 1 is 1.11 bits per heavy atom. The van der Waals surface area contributed by atoms with Gasteiger partial charge in [-0.15, -0.1) is 12.1 Å². The van der Waals surface area contributed by atoms with Crippen molar-refractivity contribution >= 4 is 6.08 Å². The van der Waals surface area contributed by atoms with Crippen LogP contribution in [0.15, 0.2) is 30.3 Å². The third-order valence-electron chi connectivity index (χ3n) is 0.992. The number of hydrogen-bond acceptors (Lipinski definition) is 0. The second kappa shape index (κ2) is 3.03. The van der Waals surface area contributed by atoms with E-state index in [1.165, 1.54) is 0 Å². The van der Waals surface area contributed by atoms with E-state index < -0.39 is 0 Å². The van der Waals surface area contributed by atoms with Gasteiger partial charge in [0.2, 0.25) is 0 Å². The summed E-state index contributed by atoms with van der Waals surface area (Å²) in [6, 6.07) is 9.80. The van der Waals surface area contributed by atoms with Crippen molar-refractivity contribution in [3.63, 3.8) is 0 Å². The molecule has 0 aliphatic rings. The molecule has 1 heteroatoms. The molecule has 0 N–H and O–H groups in total. The van der Waals surface area contributed by atoms with Crippen LogP contribution >= 0.6 is 0 Å². The van der Waals surface area contributed by atoms with Gasteiger partial charge in [0.05, 0.1) is 0 Å². The fourth-order valence-corrected chi connectivity index (χ4v) is 0.564. The molecule has 0 saturated carbocycles. The Kier molecular flexibility index (Phi) is 2.34. The van der Waals surface area contributed by atoms with Crippen molar-refractivity contribution in [1.29, 1.82) is 0 Å². The summed E-state index contributed by atoms with van der Waals surface area (Å²) < 4.78 is 0. The summed E-state index contributed by atoms with van der Waals surface area (Å²) in [4.78, 5) is 0. The molecule has 9 heavy (non-hydrogen) atoms. The van der Waals surface area contributed by atoms with E-state index in [4.69, 9.17) is 6.58 Å². The Morgan fingerprint density at radius 3 is 2.00 bits per heavy atom. The van der Waals surface area contributed by atoms with E-state index in [2.05, 4.69) is 0 Å². The molecule has 0 saturated heterocycles. The maximum absolute atomic E-state index is 5.22. The Morgan fingerprint density at radius 2 is 1.67 bits per heavy atom. The van der Waals surface area contributed by atoms with Crippen LogP contribution in [-0.4, -0.2) is 0 Å². The van der Waals surface area contributed by atoms with Crippen molar-refractivity contribution in [2.75, 3.05) is 0 Å². The van der Waals surface area contributed by atoms with Crippen molar-refractivity contribution < 1.29 is 0 Å². The zero-order valence-corrected chi connectivity index (χ0v) is 11.6. The van der Waals surface area contributed by atoms with E-state index in [0.717, 1.165) is 5.56 Å². The predicted octanol–water partition coefficient (Wildman–Crippen LogP) is 2.13. The molecular weight excluding hydrogens is 363 g/mol. The zero-order valence-electron chi connectivity index (χ0n) is 5.25. The Hall–Kier alpha value is -2.04. The number of benzene rings is 1. The van der Waals surface area contributed by atoms with Gasteiger partial charge >= 0.3 is 0 Å². The van der Waals surface area contributed by atoms with E-state index in [1.54, 1.807) is 6.08 Å². The topological polar surface area (TPSA) is 0 Å². The fraction of sp³-hybridized carbons (Fsp3) is 0. The van der Waals surface area contributed by atoms with Gasteiger partial charge < -0.3 is 0 Å². The SMILES string of the molecule is [CH-]=Cc1ccccc1.[Rf]. The summed E-state index contributed by atoms with van der Waals surface area (Å²) in [6.07, 6.45) is 1.58. The van der Waals surface area contributed by atoms with Gasteiger partial charge in [0, 0.05) is 0 Å². The Balaban J connectivity index is 0.000000640. The van der Waals surface area contributed by atoms with Crippen LogP contribution in [0.2, 0.25) is 0 Å². The van der Waals surface area contributed by atoms with E-state index in [-0.39, 0.29) is 0 Å². The minimum absolute atomic E-state index is 0. The molecule has 42 valence electrons. The van der Waals surface area contributed by atoms with Crippen LogP contribution in [0.4, 0.5) is 0 Å². The first-order valence-corrected chi connectivity index (χ1v) is 2.53. The van der Waals surface area contributed by atoms with Gasteiger partial charge in [0.25, 0.3) is 0 Å². The third-order valence-corrected chi connectivity index (χ3v) is 0.992. The second-order valence-electron chi connectivity index (χ2n) is 1.58. The minimum Gasteiger partial charge on any atom is -0.292 e. The molecule has 1 aromatic carbocycles. The van der Waals surface area contributed by atoms with Crippen LogP contribution in [0.1, 0.15) is 5.56 Å². The third kappa shape index (κ3) is 1.48. The standard InChI is InChI=1S/C8H7.Rf/c1-2-8-6-4-3-5-7-8;/h1-7H;/q-1;. The van der Waals surface area contributed by atoms with E-state index in [9.17, 15) is 0 Å². The molecule has 0 aliphatic heterocycles. The molecule has 0 aromatic heterocycles. The molecule has 1 aromatic rings. The first-order valence-electron chi connectivity index (χ1n) is 2.53. The van der Waals surface area contributed by atoms with Crippen LogP contribution in [-0.2, 0) is 0 Å². The van der Waals surface area contributed by atoms with Crippen molar-refractivity contribution in [2.45, 2.75) is 0 Å². The zero-order chi connectivity index (χ0) is 5.82. The van der Waals surface area contributed by atoms with E-state index >= 15 is 0 Å². The Bertz CT molecular complexity index is 167. The number of hydrogen-bond donors (Lipinski definition) is 0. The molecule has 0 fully saturated rings. The van der Waals surface area contributed by atoms with Crippen LogP contribution < -0.4 is 0 Å². The Labute approximate surface area is 49.5 Å². The summed E-state index contributed by atoms with van der Waals surface area (Å²) in [6.45, 7) is 5.22. The van der Waals surface area contributed by atoms with Crippen LogP contribution in [0.25, 0.3) is 6.08 Å². The molecular formula is C8H7Rf-. The van der Waals surface area contributed by atoms with Crippen LogP contribution in [0, 0.1) is 6.58 Å². The molecule has 0 radical (unpaired) electrons. The first kappa shape index (κ1) is 6.96. The molecule has 0 spiro atoms. The largest absolute Gasteiger partial charge is 0.292 e. The molecule has 0 aliphatic carbocycles. The van der Waals surface area contributed by atoms with E-state index in [1.807, 2.05) is 30.3 Å². The molecule has 0 nitrogen and oxygen atoms in total. The summed E-state index contributed by atoms with van der Waals surface area (Å²) in [5, 5.41) is 0. The predicted molar refractivity (Wildman–Crippen MR) is 35.2 cm³/mol. The van der Waals surface area contributed by atoms with Crippen molar-refractivity contribution in [3.05, 3.63) is 42.5 Å². The van der Waals surface area contributed by atoms with Crippen LogP contribution in [0.3, 0.4) is 0 Å². The second-order valence-corrected chi connectivity index (χ2v) is 1.58. The number of rotatable bonds is 1. The van der Waals surface area contributed by atoms with Gasteiger partial charge in [-0.1, -0.05) is 18.2 Å². The summed E-state index contributed by atoms with van der Waals surface area (Å²) in [5.74, 6) is 0. The van der Waals surface area contributed by atoms with Gasteiger partial charge in [-0.05, 0) is 0 Å². The maximum Gasteiger partial charge on any atom is 0 e. The van der Waals surface area contributed by atoms with Crippen molar-refractivity contribution in [3.8, 4) is 0 Å².